The highest BCUT2D eigenvalue weighted by atomic mass is 35.5. The summed E-state index contributed by atoms with van der Waals surface area (Å²) >= 11 is 6.00. The fourth-order valence-corrected chi connectivity index (χ4v) is 14.8. The number of aliphatic carboxylic acids is 1. The summed E-state index contributed by atoms with van der Waals surface area (Å²) in [5.74, 6) is -1.69. The second kappa shape index (κ2) is 15.5. The fourth-order valence-electron chi connectivity index (χ4n) is 14.7. The van der Waals surface area contributed by atoms with Gasteiger partial charge in [0.05, 0.1) is 19.2 Å². The van der Waals surface area contributed by atoms with Crippen LogP contribution in [0.2, 0.25) is 5.02 Å². The predicted octanol–water partition coefficient (Wildman–Crippen LogP) is 8.54. The topological polar surface area (TPSA) is 165 Å². The molecule has 5 fully saturated rings. The van der Waals surface area contributed by atoms with Crippen LogP contribution < -0.4 is 16.4 Å². The summed E-state index contributed by atoms with van der Waals surface area (Å²) < 4.78 is 15.3. The molecule has 6 aliphatic carbocycles. The lowest BCUT2D eigenvalue weighted by Crippen LogP contribution is -2.66. The average Bonchev–Trinajstić information content (AvgIpc) is 3.46. The van der Waals surface area contributed by atoms with Gasteiger partial charge in [-0.3, -0.25) is 24.0 Å². The van der Waals surface area contributed by atoms with Crippen LogP contribution in [0.1, 0.15) is 145 Å². The number of rotatable bonds is 11. The number of hydrogen-bond donors (Lipinski definition) is 4. The van der Waals surface area contributed by atoms with E-state index in [1.165, 1.54) is 5.57 Å². The van der Waals surface area contributed by atoms with Gasteiger partial charge < -0.3 is 26.2 Å². The highest BCUT2D eigenvalue weighted by Gasteiger charge is 2.70. The molecule has 1 aromatic rings. The summed E-state index contributed by atoms with van der Waals surface area (Å²) in [6.07, 6.45) is 7.92. The first-order chi connectivity index (χ1) is 28.3. The number of nitrogens with two attached hydrogens (primary N) is 1. The van der Waals surface area contributed by atoms with Gasteiger partial charge in [-0.05, 0) is 133 Å². The van der Waals surface area contributed by atoms with Crippen LogP contribution in [0.5, 0.6) is 0 Å². The number of hydrogen-bond acceptors (Lipinski definition) is 7. The number of fused-ring (bicyclic) bond motifs is 7. The molecule has 6 aliphatic rings. The number of amides is 2. The molecule has 11 atom stereocenters. The molecule has 0 aliphatic heterocycles. The van der Waals surface area contributed by atoms with Crippen LogP contribution in [-0.2, 0) is 23.9 Å². The molecule has 0 saturated heterocycles. The molecule has 0 radical (unpaired) electrons. The smallest absolute Gasteiger partial charge is 0.309 e. The summed E-state index contributed by atoms with van der Waals surface area (Å²) in [5, 5.41) is 15.8. The molecule has 10 nitrogen and oxygen atoms in total. The van der Waals surface area contributed by atoms with Crippen molar-refractivity contribution in [1.82, 2.24) is 10.6 Å². The van der Waals surface area contributed by atoms with E-state index in [-0.39, 0.29) is 76.8 Å². The van der Waals surface area contributed by atoms with E-state index < -0.39 is 40.6 Å². The number of esters is 1. The highest BCUT2D eigenvalue weighted by Crippen LogP contribution is 2.77. The van der Waals surface area contributed by atoms with Crippen molar-refractivity contribution in [3.05, 3.63) is 46.0 Å². The van der Waals surface area contributed by atoms with Crippen LogP contribution in [0.15, 0.2) is 35.4 Å². The van der Waals surface area contributed by atoms with Crippen LogP contribution in [0, 0.1) is 68.0 Å². The summed E-state index contributed by atoms with van der Waals surface area (Å²) in [6.45, 7) is 19.6. The molecule has 60 heavy (non-hydrogen) atoms. The lowest BCUT2D eigenvalue weighted by molar-refractivity contribution is -0.236. The van der Waals surface area contributed by atoms with Crippen molar-refractivity contribution >= 4 is 41.1 Å². The van der Waals surface area contributed by atoms with Crippen molar-refractivity contribution in [1.29, 1.82) is 0 Å². The first-order valence-electron chi connectivity index (χ1n) is 23.1. The van der Waals surface area contributed by atoms with Crippen molar-refractivity contribution in [2.45, 2.75) is 145 Å². The molecular weight excluding hydrogens is 778 g/mol. The summed E-state index contributed by atoms with van der Waals surface area (Å²) in [5.41, 5.74) is 6.84. The van der Waals surface area contributed by atoms with Gasteiger partial charge in [0.25, 0.3) is 5.91 Å². The van der Waals surface area contributed by atoms with Gasteiger partial charge in [0.2, 0.25) is 5.91 Å². The van der Waals surface area contributed by atoms with Crippen LogP contribution in [0.3, 0.4) is 0 Å². The normalized spacial score (nSPS) is 38.8. The van der Waals surface area contributed by atoms with E-state index >= 15 is 0 Å². The monoisotopic (exact) mass is 848 g/mol. The summed E-state index contributed by atoms with van der Waals surface area (Å²) in [4.78, 5) is 66.7. The lowest BCUT2D eigenvalue weighted by atomic mass is 9.33. The minimum Gasteiger partial charge on any atom is -0.481 e. The zero-order chi connectivity index (χ0) is 44.9. The Morgan fingerprint density at radius 3 is 2.20 bits per heavy atom. The number of carbonyl (C=O) groups excluding carboxylic acids is 4. The molecule has 2 amide bonds. The third-order valence-corrected chi connectivity index (χ3v) is 18.5. The number of nitrogens with one attached hydrogen (secondary N) is 2. The van der Waals surface area contributed by atoms with Gasteiger partial charge in [0.15, 0.2) is 5.78 Å². The lowest BCUT2D eigenvalue weighted by Gasteiger charge is -2.72. The van der Waals surface area contributed by atoms with E-state index in [2.05, 4.69) is 59.1 Å². The number of carboxylic acid groups (broad SMARTS) is 1. The Morgan fingerprint density at radius 2 is 1.58 bits per heavy atom. The summed E-state index contributed by atoms with van der Waals surface area (Å²) in [6, 6.07) is 4.71. The van der Waals surface area contributed by atoms with E-state index in [1.54, 1.807) is 24.3 Å². The maximum atomic E-state index is 14.2. The highest BCUT2D eigenvalue weighted by molar-refractivity contribution is 6.30. The van der Waals surface area contributed by atoms with Crippen LogP contribution in [-0.4, -0.2) is 59.9 Å². The SMILES string of the molecule is [2H]C(CN)(CNC(=O)C[C@@]12CC[C@]3(C)[C@H](CC[C@@H]4[C@@]5(C)CC[C@H](OC(=O)[C@H]6C[C@@H](C(=O)O)C6(C)C)C(C)(C)[C@@H]5CC[C@]43C)C1=C(C(C)C)C(=O)C2)NC(=O)c1ccc(Cl)cc1. The van der Waals surface area contributed by atoms with E-state index in [9.17, 15) is 29.1 Å². The van der Waals surface area contributed by atoms with Crippen LogP contribution >= 0.6 is 11.6 Å². The van der Waals surface area contributed by atoms with Gasteiger partial charge in [-0.25, -0.2) is 0 Å². The Kier molecular flexibility index (Phi) is 11.2. The molecular formula is C49H70ClN3O7. The molecule has 0 aromatic heterocycles. The van der Waals surface area contributed by atoms with Crippen molar-refractivity contribution in [3.8, 4) is 0 Å². The maximum absolute atomic E-state index is 14.2. The number of ketones is 1. The van der Waals surface area contributed by atoms with Gasteiger partial charge in [-0.2, -0.15) is 0 Å². The first-order valence-corrected chi connectivity index (χ1v) is 22.9. The quantitative estimate of drug-likeness (QED) is 0.161. The third-order valence-electron chi connectivity index (χ3n) is 18.3. The number of Topliss-reactive ketones (excluding diaryl/α,β-unsaturated/α-hetero) is 1. The van der Waals surface area contributed by atoms with Crippen LogP contribution in [0.4, 0.5) is 0 Å². The van der Waals surface area contributed by atoms with Crippen LogP contribution in [0.25, 0.3) is 0 Å². The van der Waals surface area contributed by atoms with Crippen molar-refractivity contribution < 1.29 is 35.2 Å². The third kappa shape index (κ3) is 6.96. The number of allylic oxidation sites excluding steroid dienone is 2. The second-order valence-corrected chi connectivity index (χ2v) is 22.4. The molecule has 0 heterocycles. The Balaban J connectivity index is 1.09. The predicted molar refractivity (Wildman–Crippen MR) is 232 cm³/mol. The minimum absolute atomic E-state index is 0.0153. The summed E-state index contributed by atoms with van der Waals surface area (Å²) in [7, 11) is 0. The van der Waals surface area contributed by atoms with Crippen molar-refractivity contribution in [3.63, 3.8) is 0 Å². The van der Waals surface area contributed by atoms with E-state index in [0.29, 0.717) is 35.3 Å². The minimum atomic E-state index is -1.64. The largest absolute Gasteiger partial charge is 0.481 e. The Morgan fingerprint density at radius 1 is 0.900 bits per heavy atom. The first kappa shape index (κ1) is 43.4. The van der Waals surface area contributed by atoms with Crippen molar-refractivity contribution in [2.24, 2.45) is 73.7 Å². The average molecular weight is 850 g/mol. The molecule has 5 saturated carbocycles. The maximum Gasteiger partial charge on any atom is 0.309 e. The Hall–Kier alpha value is -3.24. The van der Waals surface area contributed by atoms with Gasteiger partial charge in [-0.1, -0.05) is 79.5 Å². The number of carbonyl (C=O) groups is 5. The molecule has 11 heteroatoms. The van der Waals surface area contributed by atoms with Gasteiger partial charge in [0.1, 0.15) is 6.10 Å². The molecule has 1 unspecified atom stereocenters. The second-order valence-electron chi connectivity index (χ2n) is 22.0. The number of benzene rings is 1. The molecule has 0 spiro atoms. The zero-order valence-electron chi connectivity index (χ0n) is 38.4. The molecule has 330 valence electrons. The Bertz CT molecular complexity index is 2020. The molecule has 0 bridgehead atoms. The zero-order valence-corrected chi connectivity index (χ0v) is 38.2. The van der Waals surface area contributed by atoms with Gasteiger partial charge >= 0.3 is 11.9 Å². The van der Waals surface area contributed by atoms with Crippen molar-refractivity contribution in [2.75, 3.05) is 13.1 Å². The standard InChI is InChI=1S/C49H70ClN3O7/c1-27(2)39-34(54)23-49(24-38(55)52-26-30(25-51)53-41(56)28-10-12-29(50)13-11-28)21-20-47(8)31(40(39)49)14-15-36-46(7)18-17-37(45(5,6)35(46)16-19-48(36,47)9)60-43(59)33-22-32(42(57)58)44(33,3)4/h10-13,27,30-33,35-37H,14-26,51H2,1-9H3,(H,52,55)(H,53,56)(H,57,58)/t30?,31-,32+,33-,35+,36-,37+,46+,47-,48-,49+/m1/s1/i30D. The number of carboxylic acids is 1. The number of ether oxygens (including phenoxy) is 1. The fraction of sp³-hybridized carbons (Fsp3) is 0.735. The molecule has 1 aromatic carbocycles. The van der Waals surface area contributed by atoms with E-state index in [4.69, 9.17) is 23.4 Å². The molecule has 7 rings (SSSR count). The molecule has 5 N–H and O–H groups in total. The Labute approximate surface area is 363 Å². The van der Waals surface area contributed by atoms with E-state index in [0.717, 1.165) is 56.9 Å². The van der Waals surface area contributed by atoms with E-state index in [1.807, 2.05) is 13.8 Å². The number of halogens is 1. The van der Waals surface area contributed by atoms with Gasteiger partial charge in [-0.15, -0.1) is 0 Å². The van der Waals surface area contributed by atoms with Gasteiger partial charge in [0, 0.05) is 47.3 Å².